The second kappa shape index (κ2) is 9.31. The zero-order chi connectivity index (χ0) is 19.9. The Morgan fingerprint density at radius 3 is 2.43 bits per heavy atom. The lowest BCUT2D eigenvalue weighted by Gasteiger charge is -2.25. The van der Waals surface area contributed by atoms with Crippen molar-refractivity contribution < 1.29 is 18.0 Å². The molecule has 0 aliphatic carbocycles. The molecule has 0 aliphatic heterocycles. The molecule has 0 N–H and O–H groups in total. The second-order valence-corrected chi connectivity index (χ2v) is 6.67. The number of carbonyl (C=O) groups excluding carboxylic acids is 1. The fourth-order valence-corrected chi connectivity index (χ4v) is 3.29. The Morgan fingerprint density at radius 2 is 1.79 bits per heavy atom. The van der Waals surface area contributed by atoms with Gasteiger partial charge in [0.25, 0.3) is 0 Å². The zero-order valence-corrected chi connectivity index (χ0v) is 15.8. The van der Waals surface area contributed by atoms with Crippen LogP contribution in [0.25, 0.3) is 0 Å². The van der Waals surface area contributed by atoms with Crippen molar-refractivity contribution >= 4 is 5.91 Å². The van der Waals surface area contributed by atoms with Crippen LogP contribution in [-0.4, -0.2) is 17.4 Å². The maximum absolute atomic E-state index is 14.1. The van der Waals surface area contributed by atoms with E-state index < -0.39 is 0 Å². The van der Waals surface area contributed by atoms with Gasteiger partial charge in [0.1, 0.15) is 17.4 Å². The molecule has 0 aliphatic rings. The first-order chi connectivity index (χ1) is 13.6. The Kier molecular flexibility index (Phi) is 6.58. The number of halogens is 2. The van der Waals surface area contributed by atoms with Crippen molar-refractivity contribution in [3.05, 3.63) is 95.4 Å². The van der Waals surface area contributed by atoms with E-state index in [1.807, 2.05) is 6.07 Å². The fourth-order valence-electron chi connectivity index (χ4n) is 3.29. The number of nitrogens with zero attached hydrogens (tertiary/aromatic N) is 1. The first-order valence-electron chi connectivity index (χ1n) is 9.38. The fraction of sp³-hybridized carbons (Fsp3) is 0.261. The number of hydrogen-bond acceptors (Lipinski definition) is 2. The standard InChI is InChI=1S/C23H23F2NO2/c1-2-23(27)26(16-18-6-3-4-7-21(18)25)14-13-20(22-8-5-15-28-22)17-9-11-19(24)12-10-17/h3-12,15,20H,2,13-14,16H2,1H3/t20-/m0/s1. The Bertz CT molecular complexity index is 891. The first kappa shape index (κ1) is 19.8. The van der Waals surface area contributed by atoms with Crippen LogP contribution in [0.5, 0.6) is 0 Å². The molecule has 146 valence electrons. The van der Waals surface area contributed by atoms with Crippen molar-refractivity contribution in [2.24, 2.45) is 0 Å². The van der Waals surface area contributed by atoms with Crippen molar-refractivity contribution in [1.29, 1.82) is 0 Å². The third-order valence-corrected chi connectivity index (χ3v) is 4.82. The Balaban J connectivity index is 1.79. The van der Waals surface area contributed by atoms with Gasteiger partial charge < -0.3 is 9.32 Å². The third kappa shape index (κ3) is 4.85. The molecule has 1 atom stereocenters. The topological polar surface area (TPSA) is 33.5 Å². The van der Waals surface area contributed by atoms with Crippen LogP contribution in [0.3, 0.4) is 0 Å². The van der Waals surface area contributed by atoms with E-state index in [0.29, 0.717) is 24.9 Å². The maximum atomic E-state index is 14.1. The number of rotatable bonds is 8. The van der Waals surface area contributed by atoms with Crippen LogP contribution >= 0.6 is 0 Å². The lowest BCUT2D eigenvalue weighted by molar-refractivity contribution is -0.131. The average Bonchev–Trinajstić information content (AvgIpc) is 3.24. The summed E-state index contributed by atoms with van der Waals surface area (Å²) in [5.74, 6) is -0.0351. The summed E-state index contributed by atoms with van der Waals surface area (Å²) >= 11 is 0. The normalized spacial score (nSPS) is 12.0. The van der Waals surface area contributed by atoms with Gasteiger partial charge in [-0.25, -0.2) is 8.78 Å². The Hall–Kier alpha value is -2.95. The zero-order valence-electron chi connectivity index (χ0n) is 15.8. The van der Waals surface area contributed by atoms with E-state index in [1.54, 1.807) is 54.5 Å². The number of carbonyl (C=O) groups is 1. The molecule has 0 fully saturated rings. The molecule has 0 radical (unpaired) electrons. The summed E-state index contributed by atoms with van der Waals surface area (Å²) in [6.45, 7) is 2.44. The summed E-state index contributed by atoms with van der Waals surface area (Å²) in [4.78, 5) is 14.1. The van der Waals surface area contributed by atoms with E-state index in [0.717, 1.165) is 11.3 Å². The molecule has 3 aromatic rings. The molecule has 0 saturated carbocycles. The molecule has 2 aromatic carbocycles. The van der Waals surface area contributed by atoms with Crippen LogP contribution in [0.1, 0.15) is 42.6 Å². The summed E-state index contributed by atoms with van der Waals surface area (Å²) in [7, 11) is 0. The molecule has 28 heavy (non-hydrogen) atoms. The van der Waals surface area contributed by atoms with Gasteiger partial charge in [-0.05, 0) is 42.3 Å². The summed E-state index contributed by atoms with van der Waals surface area (Å²) < 4.78 is 33.0. The van der Waals surface area contributed by atoms with Crippen molar-refractivity contribution in [3.63, 3.8) is 0 Å². The quantitative estimate of drug-likeness (QED) is 0.513. The van der Waals surface area contributed by atoms with E-state index in [2.05, 4.69) is 0 Å². The van der Waals surface area contributed by atoms with Gasteiger partial charge in [-0.2, -0.15) is 0 Å². The van der Waals surface area contributed by atoms with Crippen LogP contribution in [0.15, 0.2) is 71.3 Å². The number of hydrogen-bond donors (Lipinski definition) is 0. The molecule has 3 rings (SSSR count). The largest absolute Gasteiger partial charge is 0.469 e. The van der Waals surface area contributed by atoms with Gasteiger partial charge >= 0.3 is 0 Å². The number of benzene rings is 2. The number of amides is 1. The molecule has 0 spiro atoms. The van der Waals surface area contributed by atoms with E-state index in [1.165, 1.54) is 18.2 Å². The predicted molar refractivity (Wildman–Crippen MR) is 104 cm³/mol. The minimum atomic E-state index is -0.322. The minimum Gasteiger partial charge on any atom is -0.469 e. The highest BCUT2D eigenvalue weighted by Gasteiger charge is 2.21. The van der Waals surface area contributed by atoms with Gasteiger partial charge in [0.2, 0.25) is 5.91 Å². The summed E-state index contributed by atoms with van der Waals surface area (Å²) in [6.07, 6.45) is 2.52. The van der Waals surface area contributed by atoms with Crippen LogP contribution in [-0.2, 0) is 11.3 Å². The highest BCUT2D eigenvalue weighted by Crippen LogP contribution is 2.29. The average molecular weight is 383 g/mol. The molecule has 5 heteroatoms. The molecular weight excluding hydrogens is 360 g/mol. The molecule has 1 aromatic heterocycles. The second-order valence-electron chi connectivity index (χ2n) is 6.67. The SMILES string of the molecule is CCC(=O)N(CC[C@@H](c1ccc(F)cc1)c1ccco1)Cc1ccccc1F. The van der Waals surface area contributed by atoms with E-state index >= 15 is 0 Å². The van der Waals surface area contributed by atoms with Crippen LogP contribution < -0.4 is 0 Å². The molecule has 1 heterocycles. The summed E-state index contributed by atoms with van der Waals surface area (Å²) in [5.41, 5.74) is 1.40. The molecular formula is C23H23F2NO2. The summed E-state index contributed by atoms with van der Waals surface area (Å²) in [6, 6.07) is 16.4. The van der Waals surface area contributed by atoms with Crippen LogP contribution in [0.2, 0.25) is 0 Å². The molecule has 0 saturated heterocycles. The van der Waals surface area contributed by atoms with Gasteiger partial charge in [0.15, 0.2) is 0 Å². The molecule has 3 nitrogen and oxygen atoms in total. The maximum Gasteiger partial charge on any atom is 0.222 e. The van der Waals surface area contributed by atoms with Crippen molar-refractivity contribution in [2.45, 2.75) is 32.2 Å². The number of furan rings is 1. The lowest BCUT2D eigenvalue weighted by atomic mass is 9.93. The van der Waals surface area contributed by atoms with Gasteiger partial charge in [-0.15, -0.1) is 0 Å². The van der Waals surface area contributed by atoms with Gasteiger partial charge in [-0.1, -0.05) is 37.3 Å². The smallest absolute Gasteiger partial charge is 0.222 e. The van der Waals surface area contributed by atoms with Gasteiger partial charge in [-0.3, -0.25) is 4.79 Å². The molecule has 0 unspecified atom stereocenters. The third-order valence-electron chi connectivity index (χ3n) is 4.82. The highest BCUT2D eigenvalue weighted by molar-refractivity contribution is 5.75. The van der Waals surface area contributed by atoms with Crippen molar-refractivity contribution in [2.75, 3.05) is 6.54 Å². The van der Waals surface area contributed by atoms with E-state index in [9.17, 15) is 13.6 Å². The molecule has 0 bridgehead atoms. The summed E-state index contributed by atoms with van der Waals surface area (Å²) in [5, 5.41) is 0. The van der Waals surface area contributed by atoms with Crippen LogP contribution in [0.4, 0.5) is 8.78 Å². The van der Waals surface area contributed by atoms with Crippen LogP contribution in [0, 0.1) is 11.6 Å². The first-order valence-corrected chi connectivity index (χ1v) is 9.38. The van der Waals surface area contributed by atoms with Crippen molar-refractivity contribution in [3.8, 4) is 0 Å². The van der Waals surface area contributed by atoms with E-state index in [-0.39, 0.29) is 30.0 Å². The minimum absolute atomic E-state index is 0.0412. The van der Waals surface area contributed by atoms with Gasteiger partial charge in [0.05, 0.1) is 6.26 Å². The molecule has 1 amide bonds. The lowest BCUT2D eigenvalue weighted by Crippen LogP contribution is -2.32. The highest BCUT2D eigenvalue weighted by atomic mass is 19.1. The Labute approximate surface area is 163 Å². The Morgan fingerprint density at radius 1 is 1.04 bits per heavy atom. The predicted octanol–water partition coefficient (Wildman–Crippen LogP) is 5.52. The van der Waals surface area contributed by atoms with E-state index in [4.69, 9.17) is 4.42 Å². The van der Waals surface area contributed by atoms with Crippen molar-refractivity contribution in [1.82, 2.24) is 4.90 Å². The van der Waals surface area contributed by atoms with Gasteiger partial charge in [0, 0.05) is 31.0 Å². The monoisotopic (exact) mass is 383 g/mol.